The molecule has 0 bridgehead atoms. The molecule has 0 unspecified atom stereocenters. The summed E-state index contributed by atoms with van der Waals surface area (Å²) in [7, 11) is 3.18. The Morgan fingerprint density at radius 2 is 2.10 bits per heavy atom. The molecule has 6 nitrogen and oxygen atoms in total. The van der Waals surface area contributed by atoms with Crippen LogP contribution >= 0.6 is 0 Å². The lowest BCUT2D eigenvalue weighted by Gasteiger charge is -2.13. The summed E-state index contributed by atoms with van der Waals surface area (Å²) in [5, 5.41) is 2.75. The quantitative estimate of drug-likeness (QED) is 0.670. The molecule has 0 fully saturated rings. The molecule has 3 N–H and O–H groups in total. The maximum absolute atomic E-state index is 11.6. The summed E-state index contributed by atoms with van der Waals surface area (Å²) in [4.78, 5) is 11.6. The van der Waals surface area contributed by atoms with Gasteiger partial charge in [-0.25, -0.2) is 0 Å². The van der Waals surface area contributed by atoms with E-state index < -0.39 is 0 Å². The molecule has 1 aromatic carbocycles. The highest BCUT2D eigenvalue weighted by Crippen LogP contribution is 2.29. The van der Waals surface area contributed by atoms with Crippen LogP contribution in [-0.4, -0.2) is 39.9 Å². The fourth-order valence-electron chi connectivity index (χ4n) is 1.73. The summed E-state index contributed by atoms with van der Waals surface area (Å²) in [5.74, 6) is 0.912. The van der Waals surface area contributed by atoms with Crippen molar-refractivity contribution in [3.8, 4) is 11.5 Å². The van der Waals surface area contributed by atoms with Crippen LogP contribution in [0.2, 0.25) is 0 Å². The molecule has 0 aliphatic carbocycles. The number of nitrogens with two attached hydrogens (primary N) is 1. The van der Waals surface area contributed by atoms with Gasteiger partial charge in [0, 0.05) is 26.3 Å². The number of amides is 1. The number of methoxy groups -OCH3 is 2. The van der Waals surface area contributed by atoms with Crippen molar-refractivity contribution in [2.45, 2.75) is 19.4 Å². The molecule has 0 aromatic heterocycles. The minimum atomic E-state index is -0.176. The summed E-state index contributed by atoms with van der Waals surface area (Å²) >= 11 is 0. The molecule has 6 heteroatoms. The van der Waals surface area contributed by atoms with E-state index in [-0.39, 0.29) is 18.6 Å². The molecule has 1 aromatic rings. The molecule has 0 saturated carbocycles. The van der Waals surface area contributed by atoms with E-state index in [1.54, 1.807) is 20.3 Å². The minimum absolute atomic E-state index is 0.0547. The van der Waals surface area contributed by atoms with E-state index in [9.17, 15) is 4.79 Å². The van der Waals surface area contributed by atoms with Gasteiger partial charge in [0.05, 0.1) is 7.11 Å². The summed E-state index contributed by atoms with van der Waals surface area (Å²) in [6, 6.07) is 5.35. The lowest BCUT2D eigenvalue weighted by molar-refractivity contribution is -0.123. The first-order valence-corrected chi connectivity index (χ1v) is 6.90. The average Bonchev–Trinajstić information content (AvgIpc) is 2.49. The Morgan fingerprint density at radius 3 is 2.71 bits per heavy atom. The van der Waals surface area contributed by atoms with Crippen LogP contribution < -0.4 is 20.5 Å². The van der Waals surface area contributed by atoms with Gasteiger partial charge in [-0.2, -0.15) is 0 Å². The van der Waals surface area contributed by atoms with Gasteiger partial charge in [0.25, 0.3) is 5.91 Å². The van der Waals surface area contributed by atoms with Gasteiger partial charge >= 0.3 is 0 Å². The van der Waals surface area contributed by atoms with Gasteiger partial charge in [0.15, 0.2) is 18.1 Å². The van der Waals surface area contributed by atoms with Gasteiger partial charge in [0.1, 0.15) is 0 Å². The van der Waals surface area contributed by atoms with E-state index in [1.165, 1.54) is 0 Å². The van der Waals surface area contributed by atoms with Crippen molar-refractivity contribution in [3.05, 3.63) is 23.8 Å². The predicted molar refractivity (Wildman–Crippen MR) is 80.6 cm³/mol. The molecule has 0 saturated heterocycles. The average molecular weight is 296 g/mol. The molecule has 0 spiro atoms. The van der Waals surface area contributed by atoms with Gasteiger partial charge in [-0.05, 0) is 31.0 Å². The zero-order valence-electron chi connectivity index (χ0n) is 12.8. The van der Waals surface area contributed by atoms with Crippen LogP contribution in [0.5, 0.6) is 11.5 Å². The number of ether oxygens (including phenoxy) is 3. The number of carbonyl (C=O) groups excluding carboxylic acids is 1. The van der Waals surface area contributed by atoms with E-state index in [1.807, 2.05) is 19.1 Å². The zero-order chi connectivity index (χ0) is 15.7. The van der Waals surface area contributed by atoms with E-state index in [0.717, 1.165) is 12.0 Å². The van der Waals surface area contributed by atoms with Crippen LogP contribution in [0, 0.1) is 0 Å². The fourth-order valence-corrected chi connectivity index (χ4v) is 1.73. The van der Waals surface area contributed by atoms with Gasteiger partial charge < -0.3 is 25.3 Å². The standard InChI is InChI=1S/C15H24N2O4/c1-11(16)12-5-6-13(14(9-12)20-3)21-10-15(18)17-7-4-8-19-2/h5-6,9,11H,4,7-8,10,16H2,1-3H3,(H,17,18)/t11-/m0/s1. The Labute approximate surface area is 125 Å². The number of carbonyl (C=O) groups is 1. The Morgan fingerprint density at radius 1 is 1.33 bits per heavy atom. The Bertz CT molecular complexity index is 449. The Kier molecular flexibility index (Phi) is 7.56. The van der Waals surface area contributed by atoms with Gasteiger partial charge in [-0.1, -0.05) is 6.07 Å². The van der Waals surface area contributed by atoms with Crippen LogP contribution in [0.4, 0.5) is 0 Å². The van der Waals surface area contributed by atoms with Gasteiger partial charge in [0.2, 0.25) is 0 Å². The van der Waals surface area contributed by atoms with Gasteiger partial charge in [-0.3, -0.25) is 4.79 Å². The first kappa shape index (κ1) is 17.3. The van der Waals surface area contributed by atoms with E-state index in [0.29, 0.717) is 24.7 Å². The highest BCUT2D eigenvalue weighted by molar-refractivity contribution is 5.77. The third-order valence-electron chi connectivity index (χ3n) is 2.92. The summed E-state index contributed by atoms with van der Waals surface area (Å²) < 4.78 is 15.6. The monoisotopic (exact) mass is 296 g/mol. The first-order valence-electron chi connectivity index (χ1n) is 6.90. The van der Waals surface area contributed by atoms with E-state index in [2.05, 4.69) is 5.32 Å². The van der Waals surface area contributed by atoms with Crippen molar-refractivity contribution in [2.24, 2.45) is 5.73 Å². The van der Waals surface area contributed by atoms with Crippen LogP contribution in [0.15, 0.2) is 18.2 Å². The molecular formula is C15H24N2O4. The maximum Gasteiger partial charge on any atom is 0.257 e. The molecule has 21 heavy (non-hydrogen) atoms. The molecule has 1 rings (SSSR count). The lowest BCUT2D eigenvalue weighted by Crippen LogP contribution is -2.30. The number of rotatable bonds is 9. The third kappa shape index (κ3) is 6.01. The van der Waals surface area contributed by atoms with E-state index in [4.69, 9.17) is 19.9 Å². The molecule has 0 aliphatic heterocycles. The molecular weight excluding hydrogens is 272 g/mol. The predicted octanol–water partition coefficient (Wildman–Crippen LogP) is 1.25. The lowest BCUT2D eigenvalue weighted by atomic mass is 10.1. The number of benzene rings is 1. The number of hydrogen-bond acceptors (Lipinski definition) is 5. The second-order valence-electron chi connectivity index (χ2n) is 4.68. The topological polar surface area (TPSA) is 82.8 Å². The largest absolute Gasteiger partial charge is 0.493 e. The molecule has 118 valence electrons. The summed E-state index contributed by atoms with van der Waals surface area (Å²) in [5.41, 5.74) is 6.77. The van der Waals surface area contributed by atoms with Crippen molar-refractivity contribution in [1.82, 2.24) is 5.32 Å². The second-order valence-corrected chi connectivity index (χ2v) is 4.68. The minimum Gasteiger partial charge on any atom is -0.493 e. The van der Waals surface area contributed by atoms with Crippen LogP contribution in [0.25, 0.3) is 0 Å². The normalized spacial score (nSPS) is 11.8. The Hall–Kier alpha value is -1.79. The van der Waals surface area contributed by atoms with Crippen molar-refractivity contribution >= 4 is 5.91 Å². The first-order chi connectivity index (χ1) is 10.1. The van der Waals surface area contributed by atoms with Crippen LogP contribution in [0.3, 0.4) is 0 Å². The van der Waals surface area contributed by atoms with E-state index >= 15 is 0 Å². The van der Waals surface area contributed by atoms with Crippen molar-refractivity contribution in [2.75, 3.05) is 34.0 Å². The molecule has 0 aliphatic rings. The maximum atomic E-state index is 11.6. The summed E-state index contributed by atoms with van der Waals surface area (Å²) in [6.07, 6.45) is 0.772. The van der Waals surface area contributed by atoms with Crippen LogP contribution in [-0.2, 0) is 9.53 Å². The second kappa shape index (κ2) is 9.20. The number of hydrogen-bond donors (Lipinski definition) is 2. The Balaban J connectivity index is 2.49. The van der Waals surface area contributed by atoms with Crippen molar-refractivity contribution in [1.29, 1.82) is 0 Å². The number of nitrogens with one attached hydrogen (secondary N) is 1. The fraction of sp³-hybridized carbons (Fsp3) is 0.533. The van der Waals surface area contributed by atoms with Crippen LogP contribution in [0.1, 0.15) is 24.9 Å². The smallest absolute Gasteiger partial charge is 0.257 e. The zero-order valence-corrected chi connectivity index (χ0v) is 12.8. The molecule has 0 radical (unpaired) electrons. The summed E-state index contributed by atoms with van der Waals surface area (Å²) in [6.45, 7) is 3.02. The van der Waals surface area contributed by atoms with Crippen molar-refractivity contribution < 1.29 is 19.0 Å². The SMILES string of the molecule is COCCCNC(=O)COc1ccc([C@H](C)N)cc1OC. The van der Waals surface area contributed by atoms with Gasteiger partial charge in [-0.15, -0.1) is 0 Å². The molecule has 1 atom stereocenters. The highest BCUT2D eigenvalue weighted by atomic mass is 16.5. The highest BCUT2D eigenvalue weighted by Gasteiger charge is 2.10. The van der Waals surface area contributed by atoms with Crippen molar-refractivity contribution in [3.63, 3.8) is 0 Å². The third-order valence-corrected chi connectivity index (χ3v) is 2.92. The molecule has 0 heterocycles. The molecule has 1 amide bonds.